The van der Waals surface area contributed by atoms with Gasteiger partial charge in [0.05, 0.1) is 24.5 Å². The molecule has 19 heavy (non-hydrogen) atoms. The second-order valence-electron chi connectivity index (χ2n) is 5.01. The van der Waals surface area contributed by atoms with Crippen LogP contribution in [-0.4, -0.2) is 28.6 Å². The standard InChI is InChI=1S/C14H23N3O2/c1-4-11(9-18)16-13-6-5-12(8-15-13)17-14(19)7-10(2)3/h5-6,8,10-11,18H,4,7,9H2,1-3H3,(H,15,16)(H,17,19). The van der Waals surface area contributed by atoms with E-state index in [0.29, 0.717) is 23.8 Å². The van der Waals surface area contributed by atoms with E-state index in [4.69, 9.17) is 5.11 Å². The van der Waals surface area contributed by atoms with E-state index >= 15 is 0 Å². The van der Waals surface area contributed by atoms with Gasteiger partial charge in [0.2, 0.25) is 5.91 Å². The summed E-state index contributed by atoms with van der Waals surface area (Å²) in [6.45, 7) is 6.08. The lowest BCUT2D eigenvalue weighted by atomic mass is 10.1. The Morgan fingerprint density at radius 2 is 2.16 bits per heavy atom. The lowest BCUT2D eigenvalue weighted by Gasteiger charge is -2.14. The Hall–Kier alpha value is -1.62. The van der Waals surface area contributed by atoms with Crippen molar-refractivity contribution in [1.82, 2.24) is 4.98 Å². The third-order valence-electron chi connectivity index (χ3n) is 2.71. The van der Waals surface area contributed by atoms with Crippen molar-refractivity contribution in [3.8, 4) is 0 Å². The molecule has 106 valence electrons. The van der Waals surface area contributed by atoms with Crippen LogP contribution in [0.15, 0.2) is 18.3 Å². The van der Waals surface area contributed by atoms with Gasteiger partial charge in [-0.15, -0.1) is 0 Å². The van der Waals surface area contributed by atoms with E-state index in [1.807, 2.05) is 20.8 Å². The van der Waals surface area contributed by atoms with E-state index in [9.17, 15) is 4.79 Å². The highest BCUT2D eigenvalue weighted by atomic mass is 16.3. The maximum absolute atomic E-state index is 11.6. The van der Waals surface area contributed by atoms with Crippen LogP contribution < -0.4 is 10.6 Å². The summed E-state index contributed by atoms with van der Waals surface area (Å²) in [6.07, 6.45) is 2.94. The number of hydrogen-bond acceptors (Lipinski definition) is 4. The number of aromatic nitrogens is 1. The number of aliphatic hydroxyl groups is 1. The number of anilines is 2. The second kappa shape index (κ2) is 7.74. The predicted octanol–water partition coefficient (Wildman–Crippen LogP) is 2.25. The minimum Gasteiger partial charge on any atom is -0.394 e. The second-order valence-corrected chi connectivity index (χ2v) is 5.01. The zero-order valence-electron chi connectivity index (χ0n) is 11.8. The van der Waals surface area contributed by atoms with Crippen LogP contribution >= 0.6 is 0 Å². The van der Waals surface area contributed by atoms with Gasteiger partial charge in [0, 0.05) is 6.42 Å². The number of aliphatic hydroxyl groups excluding tert-OH is 1. The zero-order chi connectivity index (χ0) is 14.3. The van der Waals surface area contributed by atoms with Gasteiger partial charge in [0.1, 0.15) is 5.82 Å². The molecule has 1 aromatic rings. The summed E-state index contributed by atoms with van der Waals surface area (Å²) in [5.41, 5.74) is 0.688. The molecule has 3 N–H and O–H groups in total. The smallest absolute Gasteiger partial charge is 0.224 e. The van der Waals surface area contributed by atoms with E-state index in [0.717, 1.165) is 6.42 Å². The van der Waals surface area contributed by atoms with Crippen molar-refractivity contribution in [2.45, 2.75) is 39.7 Å². The van der Waals surface area contributed by atoms with Crippen LogP contribution in [0.4, 0.5) is 11.5 Å². The molecule has 1 aromatic heterocycles. The molecule has 0 radical (unpaired) electrons. The molecule has 0 saturated heterocycles. The Labute approximate surface area is 114 Å². The topological polar surface area (TPSA) is 74.2 Å². The third kappa shape index (κ3) is 5.70. The highest BCUT2D eigenvalue weighted by Gasteiger charge is 2.07. The fourth-order valence-electron chi connectivity index (χ4n) is 1.62. The molecule has 1 heterocycles. The molecular formula is C14H23N3O2. The van der Waals surface area contributed by atoms with Crippen LogP contribution in [0.1, 0.15) is 33.6 Å². The Morgan fingerprint density at radius 3 is 2.63 bits per heavy atom. The minimum absolute atomic E-state index is 0.000646. The average molecular weight is 265 g/mol. The number of nitrogens with zero attached hydrogens (tertiary/aromatic N) is 1. The molecule has 0 aliphatic heterocycles. The van der Waals surface area contributed by atoms with Crippen LogP contribution in [0, 0.1) is 5.92 Å². The molecule has 1 amide bonds. The Kier molecular flexibility index (Phi) is 6.29. The van der Waals surface area contributed by atoms with Gasteiger partial charge in [0.15, 0.2) is 0 Å². The van der Waals surface area contributed by atoms with Crippen molar-refractivity contribution >= 4 is 17.4 Å². The SMILES string of the molecule is CCC(CO)Nc1ccc(NC(=O)CC(C)C)cn1. The normalized spacial score (nSPS) is 12.3. The number of carbonyl (C=O) groups is 1. The summed E-state index contributed by atoms with van der Waals surface area (Å²) in [5.74, 6) is 1.03. The number of carbonyl (C=O) groups excluding carboxylic acids is 1. The van der Waals surface area contributed by atoms with E-state index in [1.54, 1.807) is 18.3 Å². The van der Waals surface area contributed by atoms with Gasteiger partial charge < -0.3 is 15.7 Å². The minimum atomic E-state index is -0.000646. The van der Waals surface area contributed by atoms with E-state index in [2.05, 4.69) is 15.6 Å². The van der Waals surface area contributed by atoms with Gasteiger partial charge in [0.25, 0.3) is 0 Å². The third-order valence-corrected chi connectivity index (χ3v) is 2.71. The van der Waals surface area contributed by atoms with E-state index in [-0.39, 0.29) is 18.6 Å². The Morgan fingerprint density at radius 1 is 1.42 bits per heavy atom. The van der Waals surface area contributed by atoms with E-state index < -0.39 is 0 Å². The fraction of sp³-hybridized carbons (Fsp3) is 0.571. The van der Waals surface area contributed by atoms with E-state index in [1.165, 1.54) is 0 Å². The predicted molar refractivity (Wildman–Crippen MR) is 77.1 cm³/mol. The molecule has 0 saturated carbocycles. The summed E-state index contributed by atoms with van der Waals surface area (Å²) in [7, 11) is 0. The van der Waals surface area contributed by atoms with Gasteiger partial charge in [-0.2, -0.15) is 0 Å². The van der Waals surface area contributed by atoms with Gasteiger partial charge >= 0.3 is 0 Å². The quantitative estimate of drug-likeness (QED) is 0.707. The maximum Gasteiger partial charge on any atom is 0.224 e. The first-order valence-electron chi connectivity index (χ1n) is 6.68. The molecule has 0 aliphatic rings. The molecule has 1 rings (SSSR count). The number of nitrogens with one attached hydrogen (secondary N) is 2. The first-order valence-corrected chi connectivity index (χ1v) is 6.68. The number of amides is 1. The van der Waals surface area contributed by atoms with Crippen molar-refractivity contribution in [1.29, 1.82) is 0 Å². The molecule has 5 heteroatoms. The fourth-order valence-corrected chi connectivity index (χ4v) is 1.62. The van der Waals surface area contributed by atoms with Crippen LogP contribution in [0.3, 0.4) is 0 Å². The summed E-state index contributed by atoms with van der Waals surface area (Å²) in [4.78, 5) is 15.8. The van der Waals surface area contributed by atoms with Gasteiger partial charge in [-0.05, 0) is 24.5 Å². The zero-order valence-corrected chi connectivity index (χ0v) is 11.8. The van der Waals surface area contributed by atoms with Crippen molar-refractivity contribution in [3.05, 3.63) is 18.3 Å². The molecule has 0 bridgehead atoms. The summed E-state index contributed by atoms with van der Waals surface area (Å²) in [6, 6.07) is 3.61. The summed E-state index contributed by atoms with van der Waals surface area (Å²) >= 11 is 0. The molecule has 0 aliphatic carbocycles. The lowest BCUT2D eigenvalue weighted by molar-refractivity contribution is -0.116. The molecule has 5 nitrogen and oxygen atoms in total. The van der Waals surface area contributed by atoms with Crippen molar-refractivity contribution < 1.29 is 9.90 Å². The number of rotatable bonds is 7. The largest absolute Gasteiger partial charge is 0.394 e. The first-order chi connectivity index (χ1) is 9.05. The molecule has 1 atom stereocenters. The van der Waals surface area contributed by atoms with Crippen LogP contribution in [-0.2, 0) is 4.79 Å². The van der Waals surface area contributed by atoms with Crippen molar-refractivity contribution in [2.24, 2.45) is 5.92 Å². The first kappa shape index (κ1) is 15.4. The molecule has 0 fully saturated rings. The lowest BCUT2D eigenvalue weighted by Crippen LogP contribution is -2.23. The van der Waals surface area contributed by atoms with Crippen molar-refractivity contribution in [2.75, 3.05) is 17.2 Å². The van der Waals surface area contributed by atoms with Crippen LogP contribution in [0.2, 0.25) is 0 Å². The van der Waals surface area contributed by atoms with Gasteiger partial charge in [-0.25, -0.2) is 4.98 Å². The highest BCUT2D eigenvalue weighted by Crippen LogP contribution is 2.12. The van der Waals surface area contributed by atoms with Gasteiger partial charge in [-0.3, -0.25) is 4.79 Å². The number of hydrogen-bond donors (Lipinski definition) is 3. The van der Waals surface area contributed by atoms with Crippen molar-refractivity contribution in [3.63, 3.8) is 0 Å². The van der Waals surface area contributed by atoms with Crippen LogP contribution in [0.25, 0.3) is 0 Å². The average Bonchev–Trinajstić information content (AvgIpc) is 2.37. The summed E-state index contributed by atoms with van der Waals surface area (Å²) < 4.78 is 0. The molecular weight excluding hydrogens is 242 g/mol. The highest BCUT2D eigenvalue weighted by molar-refractivity contribution is 5.90. The Bertz CT molecular complexity index is 386. The van der Waals surface area contributed by atoms with Crippen LogP contribution in [0.5, 0.6) is 0 Å². The maximum atomic E-state index is 11.6. The number of pyridine rings is 1. The molecule has 0 spiro atoms. The van der Waals surface area contributed by atoms with Gasteiger partial charge in [-0.1, -0.05) is 20.8 Å². The Balaban J connectivity index is 2.54. The summed E-state index contributed by atoms with van der Waals surface area (Å²) in [5, 5.41) is 15.0. The molecule has 0 aromatic carbocycles. The molecule has 1 unspecified atom stereocenters. The monoisotopic (exact) mass is 265 g/mol.